The van der Waals surface area contributed by atoms with Gasteiger partial charge in [-0.3, -0.25) is 4.79 Å². The highest BCUT2D eigenvalue weighted by molar-refractivity contribution is 7.93. The lowest BCUT2D eigenvalue weighted by Gasteiger charge is -2.16. The van der Waals surface area contributed by atoms with Crippen LogP contribution in [-0.4, -0.2) is 30.9 Å². The topological polar surface area (TPSA) is 72.5 Å². The predicted molar refractivity (Wildman–Crippen MR) is 91.5 cm³/mol. The van der Waals surface area contributed by atoms with Gasteiger partial charge in [0.1, 0.15) is 11.0 Å². The first-order valence-corrected chi connectivity index (χ1v) is 9.72. The first kappa shape index (κ1) is 17.8. The molecule has 0 heterocycles. The molecular formula is C17H25NO4S. The molecule has 0 aromatic heterocycles. The molecule has 1 atom stereocenters. The summed E-state index contributed by atoms with van der Waals surface area (Å²) in [5, 5.41) is 0.999. The van der Waals surface area contributed by atoms with Crippen molar-refractivity contribution in [2.24, 2.45) is 0 Å². The average molecular weight is 339 g/mol. The van der Waals surface area contributed by atoms with Crippen LogP contribution in [0.25, 0.3) is 0 Å². The van der Waals surface area contributed by atoms with E-state index < -0.39 is 26.2 Å². The molecule has 1 saturated carbocycles. The van der Waals surface area contributed by atoms with Crippen molar-refractivity contribution >= 4 is 21.4 Å². The third kappa shape index (κ3) is 4.47. The van der Waals surface area contributed by atoms with E-state index in [-0.39, 0.29) is 6.10 Å². The predicted octanol–water partition coefficient (Wildman–Crippen LogP) is 3.16. The molecule has 1 N–H and O–H groups in total. The SMILES string of the molecule is CC(C)S(=O)(=O)[C@@H](C)C(=O)Nc1ccc(OC2CCCC2)cc1. The number of hydrogen-bond acceptors (Lipinski definition) is 4. The first-order valence-electron chi connectivity index (χ1n) is 8.11. The molecular weight excluding hydrogens is 314 g/mol. The van der Waals surface area contributed by atoms with Crippen LogP contribution in [0.15, 0.2) is 24.3 Å². The van der Waals surface area contributed by atoms with Crippen molar-refractivity contribution in [2.45, 2.75) is 63.1 Å². The number of carbonyl (C=O) groups is 1. The monoisotopic (exact) mass is 339 g/mol. The second-order valence-electron chi connectivity index (χ2n) is 6.32. The zero-order valence-corrected chi connectivity index (χ0v) is 14.7. The summed E-state index contributed by atoms with van der Waals surface area (Å²) in [6, 6.07) is 7.07. The maximum Gasteiger partial charge on any atom is 0.242 e. The Bertz CT molecular complexity index is 631. The van der Waals surface area contributed by atoms with Crippen LogP contribution in [0.2, 0.25) is 0 Å². The summed E-state index contributed by atoms with van der Waals surface area (Å²) in [5.41, 5.74) is 0.569. The molecule has 128 valence electrons. The molecule has 0 radical (unpaired) electrons. The van der Waals surface area contributed by atoms with Crippen LogP contribution in [0.4, 0.5) is 5.69 Å². The van der Waals surface area contributed by atoms with Crippen LogP contribution in [0.5, 0.6) is 5.75 Å². The summed E-state index contributed by atoms with van der Waals surface area (Å²) in [6.07, 6.45) is 4.88. The molecule has 5 nitrogen and oxygen atoms in total. The van der Waals surface area contributed by atoms with E-state index >= 15 is 0 Å². The molecule has 1 aromatic rings. The smallest absolute Gasteiger partial charge is 0.242 e. The minimum Gasteiger partial charge on any atom is -0.490 e. The lowest BCUT2D eigenvalue weighted by Crippen LogP contribution is -2.36. The van der Waals surface area contributed by atoms with Gasteiger partial charge in [-0.1, -0.05) is 0 Å². The molecule has 6 heteroatoms. The maximum absolute atomic E-state index is 12.1. The van der Waals surface area contributed by atoms with Crippen LogP contribution >= 0.6 is 0 Å². The fraction of sp³-hybridized carbons (Fsp3) is 0.588. The number of carbonyl (C=O) groups excluding carboxylic acids is 1. The molecule has 0 unspecified atom stereocenters. The second-order valence-corrected chi connectivity index (χ2v) is 9.15. The normalized spacial score (nSPS) is 17.2. The van der Waals surface area contributed by atoms with Crippen LogP contribution in [0.3, 0.4) is 0 Å². The summed E-state index contributed by atoms with van der Waals surface area (Å²) in [5.74, 6) is 0.265. The number of hydrogen-bond donors (Lipinski definition) is 1. The van der Waals surface area contributed by atoms with Crippen LogP contribution < -0.4 is 10.1 Å². The van der Waals surface area contributed by atoms with Gasteiger partial charge in [-0.2, -0.15) is 0 Å². The fourth-order valence-electron chi connectivity index (χ4n) is 2.62. The van der Waals surface area contributed by atoms with Crippen LogP contribution in [0, 0.1) is 0 Å². The third-order valence-corrected chi connectivity index (χ3v) is 6.76. The number of amides is 1. The number of nitrogens with one attached hydrogen (secondary N) is 1. The summed E-state index contributed by atoms with van der Waals surface area (Å²) < 4.78 is 29.9. The zero-order valence-electron chi connectivity index (χ0n) is 13.9. The summed E-state index contributed by atoms with van der Waals surface area (Å²) in [7, 11) is -3.46. The lowest BCUT2D eigenvalue weighted by molar-refractivity contribution is -0.115. The molecule has 1 fully saturated rings. The van der Waals surface area contributed by atoms with E-state index in [4.69, 9.17) is 4.74 Å². The highest BCUT2D eigenvalue weighted by Gasteiger charge is 2.30. The van der Waals surface area contributed by atoms with Crippen molar-refractivity contribution in [2.75, 3.05) is 5.32 Å². The lowest BCUT2D eigenvalue weighted by atomic mass is 10.2. The molecule has 1 aliphatic rings. The Morgan fingerprint density at radius 3 is 2.22 bits per heavy atom. The van der Waals surface area contributed by atoms with Gasteiger partial charge in [0.15, 0.2) is 9.84 Å². The van der Waals surface area contributed by atoms with Crippen molar-refractivity contribution in [1.82, 2.24) is 0 Å². The Hall–Kier alpha value is -1.56. The molecule has 0 bridgehead atoms. The minimum absolute atomic E-state index is 0.284. The first-order chi connectivity index (χ1) is 10.8. The molecule has 2 rings (SSSR count). The Kier molecular flexibility index (Phi) is 5.68. The second kappa shape index (κ2) is 7.34. The highest BCUT2D eigenvalue weighted by Crippen LogP contribution is 2.25. The maximum atomic E-state index is 12.1. The number of anilines is 1. The zero-order chi connectivity index (χ0) is 17.0. The van der Waals surface area contributed by atoms with Gasteiger partial charge in [-0.15, -0.1) is 0 Å². The largest absolute Gasteiger partial charge is 0.490 e. The van der Waals surface area contributed by atoms with Gasteiger partial charge in [-0.05, 0) is 70.7 Å². The van der Waals surface area contributed by atoms with Gasteiger partial charge in [0.05, 0.1) is 11.4 Å². The number of ether oxygens (including phenoxy) is 1. The molecule has 1 aromatic carbocycles. The number of benzene rings is 1. The Labute approximate surface area is 138 Å². The molecule has 0 saturated heterocycles. The van der Waals surface area contributed by atoms with Gasteiger partial charge < -0.3 is 10.1 Å². The van der Waals surface area contributed by atoms with E-state index in [9.17, 15) is 13.2 Å². The van der Waals surface area contributed by atoms with E-state index in [1.54, 1.807) is 38.1 Å². The van der Waals surface area contributed by atoms with E-state index in [1.165, 1.54) is 19.8 Å². The Morgan fingerprint density at radius 1 is 1.13 bits per heavy atom. The van der Waals surface area contributed by atoms with Gasteiger partial charge in [0, 0.05) is 5.69 Å². The Morgan fingerprint density at radius 2 is 1.70 bits per heavy atom. The molecule has 0 aliphatic heterocycles. The number of rotatable bonds is 6. The van der Waals surface area contributed by atoms with Gasteiger partial charge in [0.2, 0.25) is 5.91 Å². The average Bonchev–Trinajstić information content (AvgIpc) is 3.01. The summed E-state index contributed by atoms with van der Waals surface area (Å²) in [6.45, 7) is 4.57. The number of sulfone groups is 1. The van der Waals surface area contributed by atoms with Crippen molar-refractivity contribution < 1.29 is 17.9 Å². The van der Waals surface area contributed by atoms with Crippen LogP contribution in [-0.2, 0) is 14.6 Å². The van der Waals surface area contributed by atoms with Gasteiger partial charge >= 0.3 is 0 Å². The summed E-state index contributed by atoms with van der Waals surface area (Å²) >= 11 is 0. The van der Waals surface area contributed by atoms with Crippen molar-refractivity contribution in [3.8, 4) is 5.75 Å². The fourth-order valence-corrected chi connectivity index (χ4v) is 3.79. The van der Waals surface area contributed by atoms with Gasteiger partial charge in [0.25, 0.3) is 0 Å². The van der Waals surface area contributed by atoms with Crippen molar-refractivity contribution in [1.29, 1.82) is 0 Å². The molecule has 0 spiro atoms. The third-order valence-electron chi connectivity index (χ3n) is 4.25. The van der Waals surface area contributed by atoms with Crippen LogP contribution in [0.1, 0.15) is 46.5 Å². The van der Waals surface area contributed by atoms with Crippen molar-refractivity contribution in [3.63, 3.8) is 0 Å². The van der Waals surface area contributed by atoms with E-state index in [1.807, 2.05) is 0 Å². The van der Waals surface area contributed by atoms with E-state index in [2.05, 4.69) is 5.32 Å². The Balaban J connectivity index is 1.96. The quantitative estimate of drug-likeness (QED) is 0.864. The van der Waals surface area contributed by atoms with Gasteiger partial charge in [-0.25, -0.2) is 8.42 Å². The highest BCUT2D eigenvalue weighted by atomic mass is 32.2. The summed E-state index contributed by atoms with van der Waals surface area (Å²) in [4.78, 5) is 12.1. The molecule has 1 amide bonds. The standard InChI is InChI=1S/C17H25NO4S/c1-12(2)23(20,21)13(3)17(19)18-14-8-10-16(11-9-14)22-15-6-4-5-7-15/h8-13,15H,4-7H2,1-3H3,(H,18,19)/t13-/m0/s1. The molecule has 1 aliphatic carbocycles. The van der Waals surface area contributed by atoms with E-state index in [0.717, 1.165) is 18.6 Å². The van der Waals surface area contributed by atoms with E-state index in [0.29, 0.717) is 5.69 Å². The van der Waals surface area contributed by atoms with Crippen molar-refractivity contribution in [3.05, 3.63) is 24.3 Å². The minimum atomic E-state index is -3.46. The molecule has 23 heavy (non-hydrogen) atoms.